The van der Waals surface area contributed by atoms with E-state index in [4.69, 9.17) is 5.26 Å². The van der Waals surface area contributed by atoms with E-state index in [-0.39, 0.29) is 11.5 Å². The highest BCUT2D eigenvalue weighted by molar-refractivity contribution is 5.38. The fourth-order valence-corrected chi connectivity index (χ4v) is 2.69. The number of nitriles is 1. The Hall–Kier alpha value is -1.85. The molecule has 118 valence electrons. The lowest BCUT2D eigenvalue weighted by molar-refractivity contribution is 0.163. The van der Waals surface area contributed by atoms with Crippen LogP contribution < -0.4 is 0 Å². The molecule has 22 heavy (non-hydrogen) atoms. The van der Waals surface area contributed by atoms with Crippen molar-refractivity contribution in [3.8, 4) is 6.07 Å². The SMILES string of the molecule is CC1=C(/C=C/C(C)=C/C=C/C(C)=C/C#N)C(C)(C)CC[C@H]1O. The Morgan fingerprint density at radius 1 is 1.27 bits per heavy atom. The minimum Gasteiger partial charge on any atom is -0.389 e. The van der Waals surface area contributed by atoms with Gasteiger partial charge in [0.05, 0.1) is 12.2 Å². The molecule has 0 saturated carbocycles. The zero-order chi connectivity index (χ0) is 16.8. The van der Waals surface area contributed by atoms with Gasteiger partial charge in [0.2, 0.25) is 0 Å². The molecule has 0 aromatic carbocycles. The first-order valence-electron chi connectivity index (χ1n) is 7.76. The number of hydrogen-bond donors (Lipinski definition) is 1. The molecule has 0 aromatic rings. The van der Waals surface area contributed by atoms with Gasteiger partial charge in [0.25, 0.3) is 0 Å². The fourth-order valence-electron chi connectivity index (χ4n) is 2.69. The predicted molar refractivity (Wildman–Crippen MR) is 93.1 cm³/mol. The van der Waals surface area contributed by atoms with E-state index in [1.165, 1.54) is 11.6 Å². The Labute approximate surface area is 134 Å². The molecule has 1 atom stereocenters. The van der Waals surface area contributed by atoms with Gasteiger partial charge in [0.15, 0.2) is 0 Å². The van der Waals surface area contributed by atoms with Gasteiger partial charge in [-0.1, -0.05) is 49.8 Å². The van der Waals surface area contributed by atoms with Gasteiger partial charge in [-0.05, 0) is 55.7 Å². The van der Waals surface area contributed by atoms with Crippen LogP contribution in [-0.4, -0.2) is 11.2 Å². The molecule has 1 aliphatic rings. The van der Waals surface area contributed by atoms with Crippen LogP contribution in [0.3, 0.4) is 0 Å². The zero-order valence-corrected chi connectivity index (χ0v) is 14.4. The zero-order valence-electron chi connectivity index (χ0n) is 14.4. The molecule has 0 aromatic heterocycles. The molecule has 0 fully saturated rings. The standard InChI is InChI=1S/C20H27NO/c1-15(7-6-8-16(2)12-14-21)9-10-18-17(3)19(22)11-13-20(18,4)5/h6-10,12,19,22H,11,13H2,1-5H3/b8-6+,10-9+,15-7+,16-12+/t19-/m1/s1. The van der Waals surface area contributed by atoms with Crippen molar-refractivity contribution in [3.63, 3.8) is 0 Å². The fraction of sp³-hybridized carbons (Fsp3) is 0.450. The van der Waals surface area contributed by atoms with Crippen LogP contribution in [0.15, 0.2) is 58.7 Å². The summed E-state index contributed by atoms with van der Waals surface area (Å²) < 4.78 is 0. The predicted octanol–water partition coefficient (Wildman–Crippen LogP) is 5.01. The Balaban J connectivity index is 2.89. The molecule has 0 amide bonds. The van der Waals surface area contributed by atoms with Gasteiger partial charge < -0.3 is 5.11 Å². The largest absolute Gasteiger partial charge is 0.389 e. The van der Waals surface area contributed by atoms with Crippen LogP contribution in [0.1, 0.15) is 47.5 Å². The van der Waals surface area contributed by atoms with Gasteiger partial charge in [0, 0.05) is 6.08 Å². The Kier molecular flexibility index (Phi) is 6.59. The lowest BCUT2D eigenvalue weighted by Crippen LogP contribution is -2.27. The second-order valence-corrected chi connectivity index (χ2v) is 6.66. The first-order valence-corrected chi connectivity index (χ1v) is 7.76. The van der Waals surface area contributed by atoms with E-state index >= 15 is 0 Å². The van der Waals surface area contributed by atoms with Gasteiger partial charge in [-0.15, -0.1) is 0 Å². The number of aliphatic hydroxyl groups is 1. The third-order valence-corrected chi connectivity index (χ3v) is 4.22. The first-order chi connectivity index (χ1) is 10.3. The Morgan fingerprint density at radius 3 is 2.59 bits per heavy atom. The summed E-state index contributed by atoms with van der Waals surface area (Å²) in [6.07, 6.45) is 13.2. The highest BCUT2D eigenvalue weighted by atomic mass is 16.3. The van der Waals surface area contributed by atoms with Crippen LogP contribution in [0.25, 0.3) is 0 Å². The molecule has 2 heteroatoms. The molecule has 0 unspecified atom stereocenters. The molecule has 0 spiro atoms. The summed E-state index contributed by atoms with van der Waals surface area (Å²) in [5.74, 6) is 0. The summed E-state index contributed by atoms with van der Waals surface area (Å²) in [4.78, 5) is 0. The molecular formula is C20H27NO. The Morgan fingerprint density at radius 2 is 1.95 bits per heavy atom. The number of allylic oxidation sites excluding steroid dienone is 9. The minimum absolute atomic E-state index is 0.113. The summed E-state index contributed by atoms with van der Waals surface area (Å²) >= 11 is 0. The van der Waals surface area contributed by atoms with Crippen molar-refractivity contribution < 1.29 is 5.11 Å². The Bertz CT molecular complexity index is 592. The second kappa shape index (κ2) is 7.96. The maximum Gasteiger partial charge on any atom is 0.0914 e. The van der Waals surface area contributed by atoms with E-state index in [1.807, 2.05) is 45.1 Å². The molecular weight excluding hydrogens is 270 g/mol. The van der Waals surface area contributed by atoms with Gasteiger partial charge in [-0.3, -0.25) is 0 Å². The molecule has 1 N–H and O–H groups in total. The lowest BCUT2D eigenvalue weighted by atomic mass is 9.71. The second-order valence-electron chi connectivity index (χ2n) is 6.66. The minimum atomic E-state index is -0.310. The highest BCUT2D eigenvalue weighted by Crippen LogP contribution is 2.40. The van der Waals surface area contributed by atoms with E-state index in [0.717, 1.165) is 29.6 Å². The summed E-state index contributed by atoms with van der Waals surface area (Å²) in [6.45, 7) is 10.4. The topological polar surface area (TPSA) is 44.0 Å². The van der Waals surface area contributed by atoms with Crippen molar-refractivity contribution in [1.29, 1.82) is 5.26 Å². The average molecular weight is 297 g/mol. The van der Waals surface area contributed by atoms with Gasteiger partial charge in [0.1, 0.15) is 0 Å². The van der Waals surface area contributed by atoms with E-state index in [9.17, 15) is 5.11 Å². The first kappa shape index (κ1) is 18.2. The monoisotopic (exact) mass is 297 g/mol. The van der Waals surface area contributed by atoms with E-state index < -0.39 is 0 Å². The average Bonchev–Trinajstić information content (AvgIpc) is 2.43. The maximum atomic E-state index is 10.0. The van der Waals surface area contributed by atoms with Crippen LogP contribution in [0.2, 0.25) is 0 Å². The summed E-state index contributed by atoms with van der Waals surface area (Å²) in [7, 11) is 0. The van der Waals surface area contributed by atoms with E-state index in [2.05, 4.69) is 26.0 Å². The molecule has 1 aliphatic carbocycles. The summed E-state index contributed by atoms with van der Waals surface area (Å²) in [6, 6.07) is 2.01. The van der Waals surface area contributed by atoms with Crippen LogP contribution in [-0.2, 0) is 0 Å². The van der Waals surface area contributed by atoms with Crippen LogP contribution in [0, 0.1) is 16.7 Å². The van der Waals surface area contributed by atoms with Crippen molar-refractivity contribution in [3.05, 3.63) is 58.7 Å². The third kappa shape index (κ3) is 5.16. The normalized spacial score (nSPS) is 23.4. The summed E-state index contributed by atoms with van der Waals surface area (Å²) in [5, 5.41) is 18.6. The number of rotatable bonds is 4. The van der Waals surface area contributed by atoms with E-state index in [0.29, 0.717) is 0 Å². The smallest absolute Gasteiger partial charge is 0.0914 e. The van der Waals surface area contributed by atoms with Crippen LogP contribution in [0.5, 0.6) is 0 Å². The van der Waals surface area contributed by atoms with Crippen molar-refractivity contribution in [2.24, 2.45) is 5.41 Å². The lowest BCUT2D eigenvalue weighted by Gasteiger charge is -2.35. The molecule has 0 bridgehead atoms. The quantitative estimate of drug-likeness (QED) is 0.585. The summed E-state index contributed by atoms with van der Waals surface area (Å²) in [5.41, 5.74) is 4.51. The molecule has 2 nitrogen and oxygen atoms in total. The number of aliphatic hydroxyl groups excluding tert-OH is 1. The molecule has 1 rings (SSSR count). The van der Waals surface area contributed by atoms with Gasteiger partial charge >= 0.3 is 0 Å². The van der Waals surface area contributed by atoms with Gasteiger partial charge in [-0.25, -0.2) is 0 Å². The van der Waals surface area contributed by atoms with Gasteiger partial charge in [-0.2, -0.15) is 5.26 Å². The van der Waals surface area contributed by atoms with Crippen LogP contribution >= 0.6 is 0 Å². The molecule has 0 radical (unpaired) electrons. The van der Waals surface area contributed by atoms with Crippen molar-refractivity contribution in [2.45, 2.75) is 53.6 Å². The molecule has 0 aliphatic heterocycles. The molecule has 0 heterocycles. The van der Waals surface area contributed by atoms with Crippen molar-refractivity contribution >= 4 is 0 Å². The van der Waals surface area contributed by atoms with Crippen molar-refractivity contribution in [2.75, 3.05) is 0 Å². The maximum absolute atomic E-state index is 10.0. The number of hydrogen-bond acceptors (Lipinski definition) is 2. The van der Waals surface area contributed by atoms with Crippen LogP contribution in [0.4, 0.5) is 0 Å². The third-order valence-electron chi connectivity index (χ3n) is 4.22. The van der Waals surface area contributed by atoms with Crippen molar-refractivity contribution in [1.82, 2.24) is 0 Å². The highest BCUT2D eigenvalue weighted by Gasteiger charge is 2.30. The molecule has 0 saturated heterocycles. The van der Waals surface area contributed by atoms with E-state index in [1.54, 1.807) is 0 Å². The number of nitrogens with zero attached hydrogens (tertiary/aromatic N) is 1.